The number of rotatable bonds is 6. The van der Waals surface area contributed by atoms with Crippen LogP contribution in [0.25, 0.3) is 0 Å². The van der Waals surface area contributed by atoms with Crippen LogP contribution in [0.1, 0.15) is 32.8 Å². The molecule has 0 saturated carbocycles. The predicted molar refractivity (Wildman–Crippen MR) is 133 cm³/mol. The average molecular weight is 494 g/mol. The lowest BCUT2D eigenvalue weighted by Crippen LogP contribution is -2.57. The van der Waals surface area contributed by atoms with Crippen molar-refractivity contribution in [2.24, 2.45) is 11.8 Å². The molecule has 1 aromatic carbocycles. The number of hydrogen-bond acceptors (Lipinski definition) is 5. The molecule has 5 rings (SSSR count). The van der Waals surface area contributed by atoms with E-state index in [0.717, 1.165) is 5.56 Å². The van der Waals surface area contributed by atoms with Crippen LogP contribution in [-0.2, 0) is 25.7 Å². The molecule has 0 bridgehead atoms. The molecule has 4 aliphatic heterocycles. The molecule has 1 spiro atoms. The SMILES string of the molecule is CC(C)N1CC=C[C@]23O[C@@]4(C)C=CCN(Cc5ccccc5)C(=O)[C@H]4[C@H]2C(=O)N(CCCO)C3C1=O. The van der Waals surface area contributed by atoms with Crippen molar-refractivity contribution in [3.05, 3.63) is 60.2 Å². The lowest BCUT2D eigenvalue weighted by Gasteiger charge is -2.38. The highest BCUT2D eigenvalue weighted by Gasteiger charge is 2.74. The second-order valence-corrected chi connectivity index (χ2v) is 10.7. The molecular weight excluding hydrogens is 458 g/mol. The minimum atomic E-state index is -1.25. The molecule has 8 nitrogen and oxygen atoms in total. The smallest absolute Gasteiger partial charge is 0.249 e. The summed E-state index contributed by atoms with van der Waals surface area (Å²) < 4.78 is 6.78. The summed E-state index contributed by atoms with van der Waals surface area (Å²) in [7, 11) is 0. The minimum Gasteiger partial charge on any atom is -0.396 e. The van der Waals surface area contributed by atoms with E-state index in [2.05, 4.69) is 0 Å². The zero-order valence-electron chi connectivity index (χ0n) is 21.2. The number of aliphatic hydroxyl groups is 1. The Bertz CT molecular complexity index is 1100. The minimum absolute atomic E-state index is 0.0588. The Morgan fingerprint density at radius 2 is 1.72 bits per heavy atom. The molecule has 4 heterocycles. The van der Waals surface area contributed by atoms with Crippen molar-refractivity contribution >= 4 is 17.7 Å². The van der Waals surface area contributed by atoms with Crippen LogP contribution in [0.3, 0.4) is 0 Å². The molecule has 192 valence electrons. The summed E-state index contributed by atoms with van der Waals surface area (Å²) in [6.45, 7) is 7.15. The first-order chi connectivity index (χ1) is 17.2. The number of aliphatic hydroxyl groups excluding tert-OH is 1. The summed E-state index contributed by atoms with van der Waals surface area (Å²) in [4.78, 5) is 47.2. The highest BCUT2D eigenvalue weighted by Crippen LogP contribution is 2.57. The first-order valence-electron chi connectivity index (χ1n) is 12.8. The average Bonchev–Trinajstić information content (AvgIpc) is 3.11. The van der Waals surface area contributed by atoms with Gasteiger partial charge in [-0.3, -0.25) is 14.4 Å². The van der Waals surface area contributed by atoms with E-state index >= 15 is 0 Å². The standard InChI is InChI=1S/C28H35N3O5/c1-19(2)30-15-8-13-28-22(25(34)31(16-9-17-32)23(28)26(30)35)21-24(33)29(14-7-12-27(21,3)36-28)18-20-10-5-4-6-11-20/h4-8,10-13,19,21-23,32H,9,14-18H2,1-3H3/t21-,22+,23?,27+,28+/m1/s1. The van der Waals surface area contributed by atoms with Gasteiger partial charge in [-0.25, -0.2) is 0 Å². The van der Waals surface area contributed by atoms with E-state index in [0.29, 0.717) is 26.1 Å². The molecule has 3 amide bonds. The molecular formula is C28H35N3O5. The number of hydrogen-bond donors (Lipinski definition) is 1. The van der Waals surface area contributed by atoms with Gasteiger partial charge in [-0.05, 0) is 32.8 Å². The van der Waals surface area contributed by atoms with Crippen LogP contribution in [0, 0.1) is 11.8 Å². The maximum absolute atomic E-state index is 14.1. The molecule has 1 aromatic rings. The van der Waals surface area contributed by atoms with Crippen molar-refractivity contribution in [2.75, 3.05) is 26.2 Å². The molecule has 2 saturated heterocycles. The number of benzene rings is 1. The van der Waals surface area contributed by atoms with Crippen LogP contribution in [0.15, 0.2) is 54.6 Å². The number of ether oxygens (including phenoxy) is 1. The Hall–Kier alpha value is -2.97. The molecule has 2 fully saturated rings. The normalized spacial score (nSPS) is 33.6. The Kier molecular flexibility index (Phi) is 6.29. The lowest BCUT2D eigenvalue weighted by molar-refractivity contribution is -0.153. The number of amides is 3. The molecule has 0 aromatic heterocycles. The first-order valence-corrected chi connectivity index (χ1v) is 12.8. The van der Waals surface area contributed by atoms with Gasteiger partial charge in [-0.1, -0.05) is 54.6 Å². The van der Waals surface area contributed by atoms with Gasteiger partial charge in [0.1, 0.15) is 11.6 Å². The van der Waals surface area contributed by atoms with Crippen LogP contribution < -0.4 is 0 Å². The van der Waals surface area contributed by atoms with Gasteiger partial charge in [0.15, 0.2) is 0 Å². The summed E-state index contributed by atoms with van der Waals surface area (Å²) in [5, 5.41) is 9.51. The van der Waals surface area contributed by atoms with Gasteiger partial charge in [0.25, 0.3) is 0 Å². The third-order valence-electron chi connectivity index (χ3n) is 8.07. The molecule has 1 N–H and O–H groups in total. The summed E-state index contributed by atoms with van der Waals surface area (Å²) in [6, 6.07) is 8.85. The Morgan fingerprint density at radius 1 is 1.00 bits per heavy atom. The van der Waals surface area contributed by atoms with E-state index in [-0.39, 0.29) is 36.9 Å². The topological polar surface area (TPSA) is 90.4 Å². The van der Waals surface area contributed by atoms with Crippen molar-refractivity contribution in [3.63, 3.8) is 0 Å². The van der Waals surface area contributed by atoms with E-state index in [1.165, 1.54) is 0 Å². The number of carbonyl (C=O) groups excluding carboxylic acids is 3. The van der Waals surface area contributed by atoms with Gasteiger partial charge in [0.05, 0.1) is 17.4 Å². The largest absolute Gasteiger partial charge is 0.396 e. The number of carbonyl (C=O) groups is 3. The van der Waals surface area contributed by atoms with Crippen molar-refractivity contribution in [2.45, 2.75) is 57.0 Å². The van der Waals surface area contributed by atoms with Crippen molar-refractivity contribution in [1.82, 2.24) is 14.7 Å². The third-order valence-corrected chi connectivity index (χ3v) is 8.07. The second kappa shape index (κ2) is 9.16. The predicted octanol–water partition coefficient (Wildman–Crippen LogP) is 1.75. The van der Waals surface area contributed by atoms with Crippen molar-refractivity contribution < 1.29 is 24.2 Å². The molecule has 4 aliphatic rings. The highest BCUT2D eigenvalue weighted by molar-refractivity contribution is 6.00. The lowest BCUT2D eigenvalue weighted by atomic mass is 9.74. The quantitative estimate of drug-likeness (QED) is 0.610. The number of likely N-dealkylation sites (tertiary alicyclic amines) is 1. The molecule has 0 aliphatic carbocycles. The van der Waals surface area contributed by atoms with Crippen LogP contribution in [-0.4, -0.2) is 87.1 Å². The monoisotopic (exact) mass is 493 g/mol. The van der Waals surface area contributed by atoms with Crippen molar-refractivity contribution in [1.29, 1.82) is 0 Å². The zero-order valence-corrected chi connectivity index (χ0v) is 21.2. The van der Waals surface area contributed by atoms with E-state index in [4.69, 9.17) is 4.74 Å². The van der Waals surface area contributed by atoms with E-state index < -0.39 is 29.1 Å². The first kappa shape index (κ1) is 24.7. The van der Waals surface area contributed by atoms with Crippen LogP contribution in [0.5, 0.6) is 0 Å². The Balaban J connectivity index is 1.58. The van der Waals surface area contributed by atoms with Crippen LogP contribution in [0.4, 0.5) is 0 Å². The molecule has 36 heavy (non-hydrogen) atoms. The molecule has 5 atom stereocenters. The molecule has 8 heteroatoms. The fourth-order valence-electron chi connectivity index (χ4n) is 6.48. The second-order valence-electron chi connectivity index (χ2n) is 10.7. The molecule has 1 unspecified atom stereocenters. The number of fused-ring (bicyclic) bond motifs is 2. The van der Waals surface area contributed by atoms with Gasteiger partial charge in [-0.15, -0.1) is 0 Å². The zero-order chi connectivity index (χ0) is 25.7. The number of nitrogens with zero attached hydrogens (tertiary/aromatic N) is 3. The highest BCUT2D eigenvalue weighted by atomic mass is 16.5. The van der Waals surface area contributed by atoms with Gasteiger partial charge < -0.3 is 24.5 Å². The van der Waals surface area contributed by atoms with E-state index in [9.17, 15) is 19.5 Å². The fraction of sp³-hybridized carbons (Fsp3) is 0.536. The van der Waals surface area contributed by atoms with Gasteiger partial charge in [0, 0.05) is 38.8 Å². The summed E-state index contributed by atoms with van der Waals surface area (Å²) >= 11 is 0. The van der Waals surface area contributed by atoms with Crippen molar-refractivity contribution in [3.8, 4) is 0 Å². The van der Waals surface area contributed by atoms with E-state index in [1.807, 2.05) is 75.4 Å². The maximum Gasteiger partial charge on any atom is 0.249 e. The Labute approximate surface area is 212 Å². The van der Waals surface area contributed by atoms with Gasteiger partial charge in [0.2, 0.25) is 17.7 Å². The van der Waals surface area contributed by atoms with Gasteiger partial charge >= 0.3 is 0 Å². The van der Waals surface area contributed by atoms with Crippen LogP contribution in [0.2, 0.25) is 0 Å². The van der Waals surface area contributed by atoms with E-state index in [1.54, 1.807) is 14.7 Å². The summed E-state index contributed by atoms with van der Waals surface area (Å²) in [6.07, 6.45) is 7.95. The fourth-order valence-corrected chi connectivity index (χ4v) is 6.48. The Morgan fingerprint density at radius 3 is 2.42 bits per heavy atom. The summed E-state index contributed by atoms with van der Waals surface area (Å²) in [5.41, 5.74) is -1.27. The maximum atomic E-state index is 14.1. The van der Waals surface area contributed by atoms with Gasteiger partial charge in [-0.2, -0.15) is 0 Å². The molecule has 0 radical (unpaired) electrons. The van der Waals surface area contributed by atoms with Crippen LogP contribution >= 0.6 is 0 Å². The third kappa shape index (κ3) is 3.69. The summed E-state index contributed by atoms with van der Waals surface area (Å²) in [5.74, 6) is -2.17.